The Morgan fingerprint density at radius 3 is 2.66 bits per heavy atom. The predicted molar refractivity (Wildman–Crippen MR) is 128 cm³/mol. The zero-order valence-corrected chi connectivity index (χ0v) is 20.3. The molecule has 2 amide bonds. The van der Waals surface area contributed by atoms with Crippen LogP contribution in [-0.4, -0.2) is 32.6 Å². The van der Waals surface area contributed by atoms with Crippen LogP contribution in [0.25, 0.3) is 6.08 Å². The Morgan fingerprint density at radius 2 is 1.91 bits per heavy atom. The first-order valence-electron chi connectivity index (χ1n) is 10.1. The van der Waals surface area contributed by atoms with E-state index in [-0.39, 0.29) is 45.7 Å². The molecule has 4 rings (SSSR count). The number of thioether (sulfide) groups is 1. The van der Waals surface area contributed by atoms with E-state index in [4.69, 9.17) is 32.7 Å². The van der Waals surface area contributed by atoms with Crippen LogP contribution in [0.15, 0.2) is 47.5 Å². The molecule has 1 aromatic heterocycles. The number of nitrogens with zero attached hydrogens (tertiary/aromatic N) is 3. The van der Waals surface area contributed by atoms with Crippen LogP contribution in [-0.2, 0) is 11.3 Å². The minimum absolute atomic E-state index is 0.0921. The smallest absolute Gasteiger partial charge is 0.293 e. The minimum atomic E-state index is -0.809. The van der Waals surface area contributed by atoms with Gasteiger partial charge in [-0.25, -0.2) is 9.37 Å². The van der Waals surface area contributed by atoms with Gasteiger partial charge in [0.1, 0.15) is 5.82 Å². The molecule has 180 valence electrons. The van der Waals surface area contributed by atoms with Crippen molar-refractivity contribution in [2.45, 2.75) is 13.5 Å². The molecule has 7 nitrogen and oxygen atoms in total. The van der Waals surface area contributed by atoms with E-state index in [2.05, 4.69) is 9.97 Å². The lowest BCUT2D eigenvalue weighted by Gasteiger charge is -2.13. The second-order valence-corrected chi connectivity index (χ2v) is 8.78. The largest absolute Gasteiger partial charge is 0.490 e. The van der Waals surface area contributed by atoms with Gasteiger partial charge in [-0.1, -0.05) is 23.7 Å². The maximum atomic E-state index is 14.0. The van der Waals surface area contributed by atoms with Crippen molar-refractivity contribution in [3.8, 4) is 17.4 Å². The summed E-state index contributed by atoms with van der Waals surface area (Å²) in [5.74, 6) is -1.80. The molecule has 0 saturated carbocycles. The van der Waals surface area contributed by atoms with Gasteiger partial charge in [-0.15, -0.1) is 0 Å². The second kappa shape index (κ2) is 10.6. The van der Waals surface area contributed by atoms with Crippen LogP contribution in [0.1, 0.15) is 18.1 Å². The predicted octanol–water partition coefficient (Wildman–Crippen LogP) is 6.49. The van der Waals surface area contributed by atoms with E-state index < -0.39 is 22.8 Å². The van der Waals surface area contributed by atoms with Gasteiger partial charge in [-0.2, -0.15) is 9.37 Å². The number of rotatable bonds is 7. The first-order chi connectivity index (χ1) is 16.7. The first-order valence-corrected chi connectivity index (χ1v) is 11.6. The van der Waals surface area contributed by atoms with Crippen molar-refractivity contribution in [2.24, 2.45) is 0 Å². The van der Waals surface area contributed by atoms with Crippen molar-refractivity contribution in [3.63, 3.8) is 0 Å². The molecule has 1 aliphatic rings. The average molecular weight is 538 g/mol. The van der Waals surface area contributed by atoms with Crippen molar-refractivity contribution < 1.29 is 27.8 Å². The highest BCUT2D eigenvalue weighted by molar-refractivity contribution is 8.18. The van der Waals surface area contributed by atoms with Crippen molar-refractivity contribution in [1.29, 1.82) is 0 Å². The third-order valence-electron chi connectivity index (χ3n) is 4.67. The molecule has 0 spiro atoms. The van der Waals surface area contributed by atoms with E-state index in [0.717, 1.165) is 28.9 Å². The zero-order valence-electron chi connectivity index (χ0n) is 17.9. The third kappa shape index (κ3) is 5.72. The fraction of sp³-hybridized carbons (Fsp3) is 0.130. The van der Waals surface area contributed by atoms with Crippen LogP contribution < -0.4 is 9.47 Å². The number of ether oxygens (including phenoxy) is 2. The lowest BCUT2D eigenvalue weighted by atomic mass is 10.1. The quantitative estimate of drug-likeness (QED) is 0.251. The molecule has 1 fully saturated rings. The number of benzene rings is 2. The summed E-state index contributed by atoms with van der Waals surface area (Å²) in [7, 11) is 0. The first kappa shape index (κ1) is 24.9. The molecule has 0 aliphatic carbocycles. The van der Waals surface area contributed by atoms with Gasteiger partial charge < -0.3 is 9.47 Å². The number of hydrogen-bond acceptors (Lipinski definition) is 7. The number of amides is 2. The summed E-state index contributed by atoms with van der Waals surface area (Å²) in [5.41, 5.74) is 0.973. The average Bonchev–Trinajstić information content (AvgIpc) is 3.07. The Bertz CT molecular complexity index is 1360. The number of imide groups is 1. The standard InChI is InChI=1S/C23H15Cl2F2N3O4S/c1-2-33-18-7-12(3-6-17(18)34-20-16(27)10-28-22(25)29-20)8-19-21(31)30(23(32)35-19)11-13-4-5-14(26)9-15(13)24/h3-10H,2,11H2,1H3/b19-8+. The van der Waals surface area contributed by atoms with E-state index in [1.807, 2.05) is 0 Å². The highest BCUT2D eigenvalue weighted by Gasteiger charge is 2.35. The number of aromatic nitrogens is 2. The normalized spacial score (nSPS) is 14.7. The molecule has 3 aromatic rings. The molecular formula is C23H15Cl2F2N3O4S. The summed E-state index contributed by atoms with van der Waals surface area (Å²) in [5, 5.41) is -0.553. The monoisotopic (exact) mass is 537 g/mol. The number of halogens is 4. The van der Waals surface area contributed by atoms with E-state index in [9.17, 15) is 18.4 Å². The van der Waals surface area contributed by atoms with E-state index in [0.29, 0.717) is 11.1 Å². The second-order valence-electron chi connectivity index (χ2n) is 7.04. The van der Waals surface area contributed by atoms with Gasteiger partial charge >= 0.3 is 0 Å². The van der Waals surface area contributed by atoms with Gasteiger partial charge in [0.05, 0.1) is 24.3 Å². The van der Waals surface area contributed by atoms with Gasteiger partial charge in [-0.3, -0.25) is 14.5 Å². The van der Waals surface area contributed by atoms with Gasteiger partial charge in [-0.05, 0) is 71.8 Å². The SMILES string of the molecule is CCOc1cc(/C=C2/SC(=O)N(Cc3ccc(F)cc3Cl)C2=O)ccc1Oc1nc(Cl)ncc1F. The number of hydrogen-bond donors (Lipinski definition) is 0. The Morgan fingerprint density at radius 1 is 1.11 bits per heavy atom. The number of carbonyl (C=O) groups excluding carboxylic acids is 2. The Kier molecular flexibility index (Phi) is 7.54. The summed E-state index contributed by atoms with van der Waals surface area (Å²) in [6.07, 6.45) is 2.40. The van der Waals surface area contributed by atoms with E-state index in [1.54, 1.807) is 19.1 Å². The molecule has 12 heteroatoms. The molecule has 0 radical (unpaired) electrons. The van der Waals surface area contributed by atoms with Crippen molar-refractivity contribution in [1.82, 2.24) is 14.9 Å². The fourth-order valence-electron chi connectivity index (χ4n) is 3.08. The maximum absolute atomic E-state index is 14.0. The van der Waals surface area contributed by atoms with Crippen LogP contribution in [0.3, 0.4) is 0 Å². The molecule has 2 heterocycles. The summed E-state index contributed by atoms with van der Waals surface area (Å²) in [6.45, 7) is 1.94. The van der Waals surface area contributed by atoms with Gasteiger partial charge in [0.2, 0.25) is 11.1 Å². The maximum Gasteiger partial charge on any atom is 0.293 e. The molecule has 0 bridgehead atoms. The summed E-state index contributed by atoms with van der Waals surface area (Å²) in [6, 6.07) is 8.43. The van der Waals surface area contributed by atoms with Crippen LogP contribution in [0.4, 0.5) is 13.6 Å². The topological polar surface area (TPSA) is 81.6 Å². The lowest BCUT2D eigenvalue weighted by Crippen LogP contribution is -2.27. The highest BCUT2D eigenvalue weighted by Crippen LogP contribution is 2.37. The molecule has 0 unspecified atom stereocenters. The van der Waals surface area contributed by atoms with Crippen LogP contribution in [0, 0.1) is 11.6 Å². The molecule has 2 aromatic carbocycles. The Balaban J connectivity index is 1.57. The summed E-state index contributed by atoms with van der Waals surface area (Å²) >= 11 is 12.5. The third-order valence-corrected chi connectivity index (χ3v) is 6.11. The molecule has 0 N–H and O–H groups in total. The molecular weight excluding hydrogens is 523 g/mol. The number of carbonyl (C=O) groups is 2. The van der Waals surface area contributed by atoms with Gasteiger partial charge in [0.25, 0.3) is 17.0 Å². The molecule has 1 aliphatic heterocycles. The minimum Gasteiger partial charge on any atom is -0.490 e. The van der Waals surface area contributed by atoms with E-state index >= 15 is 0 Å². The lowest BCUT2D eigenvalue weighted by molar-refractivity contribution is -0.123. The Hall–Kier alpha value is -3.21. The molecule has 1 saturated heterocycles. The van der Waals surface area contributed by atoms with Gasteiger partial charge in [0.15, 0.2) is 11.5 Å². The molecule has 0 atom stereocenters. The Labute approximate surface area is 212 Å². The highest BCUT2D eigenvalue weighted by atomic mass is 35.5. The van der Waals surface area contributed by atoms with Crippen molar-refractivity contribution in [2.75, 3.05) is 6.61 Å². The molecule has 35 heavy (non-hydrogen) atoms. The van der Waals surface area contributed by atoms with Crippen molar-refractivity contribution in [3.05, 3.63) is 80.6 Å². The van der Waals surface area contributed by atoms with Crippen LogP contribution in [0.2, 0.25) is 10.3 Å². The van der Waals surface area contributed by atoms with Crippen molar-refractivity contribution >= 4 is 52.2 Å². The van der Waals surface area contributed by atoms with E-state index in [1.165, 1.54) is 24.3 Å². The van der Waals surface area contributed by atoms with Gasteiger partial charge in [0, 0.05) is 5.02 Å². The van der Waals surface area contributed by atoms with Crippen LogP contribution in [0.5, 0.6) is 17.4 Å². The summed E-state index contributed by atoms with van der Waals surface area (Å²) in [4.78, 5) is 33.8. The fourth-order valence-corrected chi connectivity index (χ4v) is 4.27. The summed E-state index contributed by atoms with van der Waals surface area (Å²) < 4.78 is 38.4. The van der Waals surface area contributed by atoms with Crippen LogP contribution >= 0.6 is 35.0 Å². The zero-order chi connectivity index (χ0) is 25.1.